The molecule has 110 heavy (non-hydrogen) atoms. The van der Waals surface area contributed by atoms with Crippen molar-refractivity contribution >= 4 is 145 Å². The van der Waals surface area contributed by atoms with Crippen LogP contribution in [0.1, 0.15) is 190 Å². The van der Waals surface area contributed by atoms with Crippen LogP contribution in [0.4, 0.5) is 0 Å². The number of hydrogen-bond donors (Lipinski definition) is 3. The predicted molar refractivity (Wildman–Crippen MR) is 452 cm³/mol. The molecule has 1 unspecified atom stereocenters. The number of hydrogen-bond acceptors (Lipinski definition) is 13. The summed E-state index contributed by atoms with van der Waals surface area (Å²) < 4.78 is 9.15. The molecule has 5 heterocycles. The first-order chi connectivity index (χ1) is 52.2. The number of carbonyl (C=O) groups is 6. The van der Waals surface area contributed by atoms with Gasteiger partial charge in [0.2, 0.25) is 0 Å². The molecule has 0 saturated carbocycles. The van der Waals surface area contributed by atoms with Gasteiger partial charge in [0.05, 0.1) is 33.2 Å². The Morgan fingerprint density at radius 1 is 0.436 bits per heavy atom. The summed E-state index contributed by atoms with van der Waals surface area (Å²) in [5.74, 6) is -0.209. The van der Waals surface area contributed by atoms with Gasteiger partial charge >= 0.3 is 0 Å². The number of likely N-dealkylation sites (N-methyl/N-ethyl adjacent to an activating group) is 1. The Morgan fingerprint density at radius 2 is 0.818 bits per heavy atom. The van der Waals surface area contributed by atoms with Crippen LogP contribution >= 0.6 is 12.4 Å². The normalized spacial score (nSPS) is 14.7. The molecule has 0 amide bonds. The van der Waals surface area contributed by atoms with E-state index in [2.05, 4.69) is 130 Å². The molecule has 1 saturated heterocycles. The molecule has 8 aromatic carbocycles. The fraction of sp³-hybridized carbons (Fsp3) is 0.370. The van der Waals surface area contributed by atoms with Crippen molar-refractivity contribution in [1.29, 1.82) is 0 Å². The van der Waals surface area contributed by atoms with Crippen LogP contribution in [0, 0.1) is 0 Å². The minimum absolute atomic E-state index is 0. The molecule has 16 rings (SSSR count). The number of ketones is 6. The molecule has 17 nitrogen and oxygen atoms in total. The molecule has 1 fully saturated rings. The summed E-state index contributed by atoms with van der Waals surface area (Å²) in [7, 11) is 10.4. The minimum Gasteiger partial charge on any atom is -0.507 e. The number of phenolic OH excluding ortho intramolecular Hbond substituents is 3. The number of benzene rings is 8. The molecule has 12 aromatic rings. The Labute approximate surface area is 650 Å². The lowest BCUT2D eigenvalue weighted by Gasteiger charge is -2.20. The number of nitrogens with zero attached hydrogens (tertiary/aromatic N) is 8. The summed E-state index contributed by atoms with van der Waals surface area (Å²) in [5, 5.41) is 39.7. The van der Waals surface area contributed by atoms with E-state index in [9.17, 15) is 44.1 Å². The first-order valence-corrected chi connectivity index (χ1v) is 38.8. The lowest BCUT2D eigenvalue weighted by atomic mass is 9.97. The zero-order valence-electron chi connectivity index (χ0n) is 66.0. The molecule has 1 atom stereocenters. The van der Waals surface area contributed by atoms with Gasteiger partial charge in [-0.1, -0.05) is 39.1 Å². The third-order valence-corrected chi connectivity index (χ3v) is 23.5. The highest BCUT2D eigenvalue weighted by Gasteiger charge is 2.30. The van der Waals surface area contributed by atoms with Crippen molar-refractivity contribution in [2.75, 3.05) is 74.5 Å². The molecular weight excluding hydrogens is 1400 g/mol. The molecular formula is C92H105ClN8O9. The van der Waals surface area contributed by atoms with Crippen LogP contribution in [-0.4, -0.2) is 168 Å². The van der Waals surface area contributed by atoms with Gasteiger partial charge in [-0.3, -0.25) is 28.8 Å². The monoisotopic (exact) mass is 1500 g/mol. The molecule has 0 spiro atoms. The summed E-state index contributed by atoms with van der Waals surface area (Å²) in [5.41, 5.74) is 20.9. The fourth-order valence-electron chi connectivity index (χ4n) is 17.6. The second-order valence-electron chi connectivity index (χ2n) is 31.0. The topological polar surface area (TPSA) is 196 Å². The largest absolute Gasteiger partial charge is 0.507 e. The zero-order chi connectivity index (χ0) is 77.7. The third-order valence-electron chi connectivity index (χ3n) is 23.5. The maximum absolute atomic E-state index is 12.4. The summed E-state index contributed by atoms with van der Waals surface area (Å²) in [6.07, 6.45) is 11.2. The van der Waals surface area contributed by atoms with Crippen molar-refractivity contribution in [2.45, 2.75) is 151 Å². The van der Waals surface area contributed by atoms with Gasteiger partial charge in [0.1, 0.15) is 17.2 Å². The molecule has 0 radical (unpaired) electrons. The number of aromatic nitrogens is 4. The van der Waals surface area contributed by atoms with E-state index in [1.165, 1.54) is 112 Å². The number of likely N-dealkylation sites (tertiary alicyclic amines) is 1. The van der Waals surface area contributed by atoms with E-state index >= 15 is 0 Å². The van der Waals surface area contributed by atoms with E-state index < -0.39 is 0 Å². The second kappa shape index (κ2) is 32.9. The number of allylic oxidation sites excluding steroid dienone is 2. The van der Waals surface area contributed by atoms with E-state index in [1.807, 2.05) is 49.0 Å². The highest BCUT2D eigenvalue weighted by molar-refractivity contribution is 6.19. The number of rotatable bonds is 21. The van der Waals surface area contributed by atoms with Crippen LogP contribution in [0.5, 0.6) is 17.2 Å². The first-order valence-electron chi connectivity index (χ1n) is 38.8. The Hall–Kier alpha value is -10.0. The number of carbonyl (C=O) groups excluding carboxylic acids is 6. The van der Waals surface area contributed by atoms with Crippen molar-refractivity contribution < 1.29 is 44.1 Å². The minimum atomic E-state index is -0.228. The van der Waals surface area contributed by atoms with Crippen LogP contribution < -0.4 is 0 Å². The smallest absolute Gasteiger partial charge is 0.163 e. The number of aromatic hydroxyl groups is 3. The standard InChI is InChI=1S/C25H28N2O.2C23H26N2O2.C21H24N2O4.ClH/c1-4-26(5-2)14-15-27-21-11-8-17-16(3)6-7-19(17)24(21)25-20-10-13-23(28)18(20)9-12-22(25)27;1-14-6-7-17-16(14)8-9-20-23(17)19-12-18(15(2)26)22(27)13-21(19)25(20)11-5-10-24(3)4;1-15(26)17-6-8-22-20(13-17)21-14-18(16(2)27)7-9-23(21)25(22)12-10-19-5-4-11-24(19)3;1-12(24)14-8-16-17-9-15(13(2)25)21(27)11-19(17)23(7-5-6-22(3)4)18(16)10-20(14)26;/h8-9,11-12H,3-7,10,13-15H2,1-2H3;8-9,12-13,27H,1,5-7,10-11H2,2-4H3;6-9,13-14,19H,4-5,10-12H2,1-3H3;8-11,26-27H,5-7H2,1-4H3;1H. The van der Waals surface area contributed by atoms with Crippen molar-refractivity contribution in [3.63, 3.8) is 0 Å². The third kappa shape index (κ3) is 15.2. The molecule has 3 N–H and O–H groups in total. The number of aryl methyl sites for hydroxylation is 6. The average Bonchev–Trinajstić information content (AvgIpc) is 1.57. The quantitative estimate of drug-likeness (QED) is 0.0576. The molecule has 18 heteroatoms. The van der Waals surface area contributed by atoms with Gasteiger partial charge in [0.15, 0.2) is 34.7 Å². The number of fused-ring (bicyclic) bond motifs is 18. The van der Waals surface area contributed by atoms with Crippen LogP contribution in [0.2, 0.25) is 0 Å². The Morgan fingerprint density at radius 3 is 1.25 bits per heavy atom. The molecule has 4 aromatic heterocycles. The van der Waals surface area contributed by atoms with Crippen molar-refractivity contribution in [2.24, 2.45) is 0 Å². The molecule has 3 aliphatic carbocycles. The van der Waals surface area contributed by atoms with Gasteiger partial charge in [-0.15, -0.1) is 12.4 Å². The maximum atomic E-state index is 12.4. The van der Waals surface area contributed by atoms with Crippen molar-refractivity contribution in [3.05, 3.63) is 184 Å². The van der Waals surface area contributed by atoms with E-state index in [0.29, 0.717) is 41.5 Å². The molecule has 0 bridgehead atoms. The lowest BCUT2D eigenvalue weighted by Crippen LogP contribution is -2.26. The number of phenols is 3. The maximum Gasteiger partial charge on any atom is 0.163 e. The SMILES string of the molecule is C=C1CCc2c1ccc1c2c2c3c(ccc2n1CCN(CC)CC)C(=O)CC3.C=C1CCc2c1ccc1c2c2cc(C(C)=O)c(O)cc2n1CCCN(C)C.CC(=O)c1cc2c3cc(C(C)=O)c(O)cc3n(CCCN(C)C)c2cc1O.CC(=O)c1ccc2c(c1)c1cc(C(C)=O)ccc1n2CCC1CCCN1C.Cl. The van der Waals surface area contributed by atoms with Gasteiger partial charge in [-0.2, -0.15) is 0 Å². The van der Waals surface area contributed by atoms with Crippen molar-refractivity contribution in [3.8, 4) is 17.2 Å². The summed E-state index contributed by atoms with van der Waals surface area (Å²) in [6.45, 7) is 30.2. The number of Topliss-reactive ketones (excluding diaryl/α,β-unsaturated/α-hetero) is 6. The fourth-order valence-corrected chi connectivity index (χ4v) is 17.6. The van der Waals surface area contributed by atoms with Crippen molar-refractivity contribution in [1.82, 2.24) is 37.9 Å². The average molecular weight is 1500 g/mol. The Balaban J connectivity index is 0.000000136. The van der Waals surface area contributed by atoms with E-state index in [4.69, 9.17) is 0 Å². The molecule has 4 aliphatic rings. The van der Waals surface area contributed by atoms with Crippen LogP contribution in [-0.2, 0) is 45.4 Å². The summed E-state index contributed by atoms with van der Waals surface area (Å²) >= 11 is 0. The predicted octanol–water partition coefficient (Wildman–Crippen LogP) is 18.5. The second-order valence-corrected chi connectivity index (χ2v) is 31.0. The van der Waals surface area contributed by atoms with E-state index in [0.717, 1.165) is 164 Å². The van der Waals surface area contributed by atoms with Crippen LogP contribution in [0.3, 0.4) is 0 Å². The summed E-state index contributed by atoms with van der Waals surface area (Å²) in [6, 6.07) is 35.8. The highest BCUT2D eigenvalue weighted by Crippen LogP contribution is 2.46. The highest BCUT2D eigenvalue weighted by atomic mass is 35.5. The molecule has 574 valence electrons. The zero-order valence-corrected chi connectivity index (χ0v) is 66.8. The Bertz CT molecular complexity index is 5510. The van der Waals surface area contributed by atoms with E-state index in [-0.39, 0.29) is 69.7 Å². The van der Waals surface area contributed by atoms with Gasteiger partial charge in [0, 0.05) is 151 Å². The van der Waals surface area contributed by atoms with Gasteiger partial charge in [-0.05, 0) is 285 Å². The van der Waals surface area contributed by atoms with Gasteiger partial charge in [-0.25, -0.2) is 0 Å². The lowest BCUT2D eigenvalue weighted by molar-refractivity contribution is 0.0988. The Kier molecular flexibility index (Phi) is 23.8. The van der Waals surface area contributed by atoms with Gasteiger partial charge in [0.25, 0.3) is 0 Å². The first kappa shape index (κ1) is 79.5. The van der Waals surface area contributed by atoms with Gasteiger partial charge < -0.3 is 53.2 Å². The number of halogens is 1. The van der Waals surface area contributed by atoms with E-state index in [1.54, 1.807) is 44.2 Å². The summed E-state index contributed by atoms with van der Waals surface area (Å²) in [4.78, 5) is 81.1. The molecule has 1 aliphatic heterocycles. The van der Waals surface area contributed by atoms with Crippen LogP contribution in [0.25, 0.3) is 98.4 Å². The van der Waals surface area contributed by atoms with Crippen LogP contribution in [0.15, 0.2) is 122 Å².